The maximum atomic E-state index is 13.2. The Kier molecular flexibility index (Phi) is 3.84. The Morgan fingerprint density at radius 1 is 1.29 bits per heavy atom. The first-order valence-electron chi connectivity index (χ1n) is 5.93. The average molecular weight is 290 g/mol. The largest absolute Gasteiger partial charge is 0.477 e. The number of anilines is 2. The second-order valence-corrected chi connectivity index (χ2v) is 4.38. The summed E-state index contributed by atoms with van der Waals surface area (Å²) in [6.07, 6.45) is 0. The predicted octanol–water partition coefficient (Wildman–Crippen LogP) is 3.48. The summed E-state index contributed by atoms with van der Waals surface area (Å²) < 4.78 is 13.2. The van der Waals surface area contributed by atoms with E-state index >= 15 is 0 Å². The van der Waals surface area contributed by atoms with Crippen LogP contribution in [0.15, 0.2) is 36.4 Å². The number of nitrogens with zero attached hydrogens (tertiary/aromatic N) is 1. The van der Waals surface area contributed by atoms with Crippen molar-refractivity contribution >= 4 is 23.0 Å². The minimum absolute atomic E-state index is 0.306. The Morgan fingerprint density at radius 3 is 2.62 bits per heavy atom. The van der Waals surface area contributed by atoms with Crippen molar-refractivity contribution in [1.29, 1.82) is 0 Å². The van der Waals surface area contributed by atoms with Gasteiger partial charge >= 0.3 is 5.97 Å². The van der Waals surface area contributed by atoms with Gasteiger partial charge in [-0.05, 0) is 36.8 Å². The van der Waals surface area contributed by atoms with Crippen molar-refractivity contribution in [3.63, 3.8) is 0 Å². The third kappa shape index (κ3) is 3.14. The molecule has 0 saturated carbocycles. The summed E-state index contributed by atoms with van der Waals surface area (Å²) in [6.45, 7) is 1.75. The van der Waals surface area contributed by atoms with Crippen molar-refractivity contribution in [2.75, 3.05) is 5.32 Å². The van der Waals surface area contributed by atoms with E-state index in [1.54, 1.807) is 13.0 Å². The van der Waals surface area contributed by atoms with Gasteiger partial charge in [-0.2, -0.15) is 0 Å². The van der Waals surface area contributed by atoms with Crippen LogP contribution < -0.4 is 5.32 Å². The molecule has 0 amide bonds. The van der Waals surface area contributed by atoms with E-state index < -0.39 is 28.0 Å². The van der Waals surface area contributed by atoms with Crippen LogP contribution in [0, 0.1) is 22.9 Å². The predicted molar refractivity (Wildman–Crippen MR) is 74.5 cm³/mol. The van der Waals surface area contributed by atoms with E-state index in [1.165, 1.54) is 18.2 Å². The summed E-state index contributed by atoms with van der Waals surface area (Å²) in [4.78, 5) is 21.1. The molecule has 6 nitrogen and oxygen atoms in total. The molecule has 2 rings (SSSR count). The molecule has 0 unspecified atom stereocenters. The molecule has 0 aliphatic carbocycles. The molecule has 2 aromatic carbocycles. The highest BCUT2D eigenvalue weighted by molar-refractivity contribution is 5.93. The lowest BCUT2D eigenvalue weighted by Gasteiger charge is -2.10. The molecule has 0 aromatic heterocycles. The minimum Gasteiger partial charge on any atom is -0.477 e. The highest BCUT2D eigenvalue weighted by atomic mass is 19.1. The molecule has 7 heteroatoms. The third-order valence-electron chi connectivity index (χ3n) is 2.90. The van der Waals surface area contributed by atoms with Gasteiger partial charge in [0.05, 0.1) is 4.92 Å². The lowest BCUT2D eigenvalue weighted by atomic mass is 10.1. The van der Waals surface area contributed by atoms with Gasteiger partial charge in [-0.25, -0.2) is 9.18 Å². The Morgan fingerprint density at radius 2 is 2.00 bits per heavy atom. The molecule has 0 atom stereocenters. The number of hydrogen-bond acceptors (Lipinski definition) is 4. The van der Waals surface area contributed by atoms with E-state index in [0.717, 1.165) is 17.7 Å². The van der Waals surface area contributed by atoms with E-state index in [2.05, 4.69) is 5.32 Å². The quantitative estimate of drug-likeness (QED) is 0.664. The number of aryl methyl sites for hydroxylation is 1. The Labute approximate surface area is 119 Å². The summed E-state index contributed by atoms with van der Waals surface area (Å²) in [5.74, 6) is -1.82. The zero-order valence-electron chi connectivity index (χ0n) is 11.0. The normalized spacial score (nSPS) is 10.2. The van der Waals surface area contributed by atoms with Crippen molar-refractivity contribution in [2.24, 2.45) is 0 Å². The van der Waals surface area contributed by atoms with E-state index in [1.807, 2.05) is 0 Å². The number of nitro groups is 1. The molecule has 0 spiro atoms. The van der Waals surface area contributed by atoms with Gasteiger partial charge in [-0.15, -0.1) is 0 Å². The van der Waals surface area contributed by atoms with Gasteiger partial charge in [0, 0.05) is 17.4 Å². The van der Waals surface area contributed by atoms with Crippen molar-refractivity contribution in [3.8, 4) is 0 Å². The SMILES string of the molecule is Cc1ccc(F)cc1Nc1ccc(C(=O)O)c([N+](=O)[O-])c1. The van der Waals surface area contributed by atoms with Crippen LogP contribution in [0.5, 0.6) is 0 Å². The first-order chi connectivity index (χ1) is 9.88. The van der Waals surface area contributed by atoms with Crippen molar-refractivity contribution in [3.05, 3.63) is 63.5 Å². The summed E-state index contributed by atoms with van der Waals surface area (Å²) in [5, 5.41) is 22.6. The summed E-state index contributed by atoms with van der Waals surface area (Å²) >= 11 is 0. The molecular weight excluding hydrogens is 279 g/mol. The molecule has 2 aromatic rings. The summed E-state index contributed by atoms with van der Waals surface area (Å²) in [7, 11) is 0. The van der Waals surface area contributed by atoms with E-state index in [0.29, 0.717) is 11.4 Å². The highest BCUT2D eigenvalue weighted by Crippen LogP contribution is 2.27. The first-order valence-corrected chi connectivity index (χ1v) is 5.93. The minimum atomic E-state index is -1.38. The topological polar surface area (TPSA) is 92.5 Å². The highest BCUT2D eigenvalue weighted by Gasteiger charge is 2.20. The van der Waals surface area contributed by atoms with Crippen molar-refractivity contribution in [2.45, 2.75) is 6.92 Å². The van der Waals surface area contributed by atoms with Gasteiger partial charge in [0.2, 0.25) is 0 Å². The smallest absolute Gasteiger partial charge is 0.342 e. The number of rotatable bonds is 4. The number of benzene rings is 2. The second kappa shape index (κ2) is 5.58. The Bertz CT molecular complexity index is 731. The molecule has 108 valence electrons. The standard InChI is InChI=1S/C14H11FN2O4/c1-8-2-3-9(15)6-12(8)16-10-4-5-11(14(18)19)13(7-10)17(20)21/h2-7,16H,1H3,(H,18,19). The van der Waals surface area contributed by atoms with E-state index in [4.69, 9.17) is 5.11 Å². The van der Waals surface area contributed by atoms with Crippen LogP contribution in [0.1, 0.15) is 15.9 Å². The van der Waals surface area contributed by atoms with Gasteiger partial charge in [0.15, 0.2) is 0 Å². The van der Waals surface area contributed by atoms with Crippen LogP contribution in [-0.4, -0.2) is 16.0 Å². The number of carboxylic acid groups (broad SMARTS) is 1. The van der Waals surface area contributed by atoms with Gasteiger partial charge in [0.25, 0.3) is 5.69 Å². The van der Waals surface area contributed by atoms with E-state index in [9.17, 15) is 19.3 Å². The van der Waals surface area contributed by atoms with Gasteiger partial charge in [0.1, 0.15) is 11.4 Å². The number of hydrogen-bond donors (Lipinski definition) is 2. The number of aromatic carboxylic acids is 1. The maximum Gasteiger partial charge on any atom is 0.342 e. The molecule has 0 radical (unpaired) electrons. The molecule has 0 bridgehead atoms. The number of nitrogens with one attached hydrogen (secondary N) is 1. The zero-order valence-corrected chi connectivity index (χ0v) is 11.0. The fraction of sp³-hybridized carbons (Fsp3) is 0.0714. The summed E-state index contributed by atoms with van der Waals surface area (Å²) in [6, 6.07) is 7.76. The number of nitro benzene ring substituents is 1. The summed E-state index contributed by atoms with van der Waals surface area (Å²) in [5.41, 5.74) is 0.581. The second-order valence-electron chi connectivity index (χ2n) is 4.38. The third-order valence-corrected chi connectivity index (χ3v) is 2.90. The fourth-order valence-corrected chi connectivity index (χ4v) is 1.83. The average Bonchev–Trinajstić information content (AvgIpc) is 2.42. The number of carboxylic acids is 1. The maximum absolute atomic E-state index is 13.2. The molecule has 0 aliphatic heterocycles. The van der Waals surface area contributed by atoms with Crippen molar-refractivity contribution in [1.82, 2.24) is 0 Å². The monoisotopic (exact) mass is 290 g/mol. The van der Waals surface area contributed by atoms with E-state index in [-0.39, 0.29) is 0 Å². The number of carbonyl (C=O) groups is 1. The van der Waals surface area contributed by atoms with Crippen molar-refractivity contribution < 1.29 is 19.2 Å². The molecule has 0 saturated heterocycles. The molecule has 2 N–H and O–H groups in total. The van der Waals surface area contributed by atoms with Crippen LogP contribution in [0.2, 0.25) is 0 Å². The molecule has 0 heterocycles. The van der Waals surface area contributed by atoms with Crippen LogP contribution in [0.3, 0.4) is 0 Å². The lowest BCUT2D eigenvalue weighted by molar-refractivity contribution is -0.385. The number of halogens is 1. The first kappa shape index (κ1) is 14.4. The van der Waals surface area contributed by atoms with Crippen LogP contribution in [0.25, 0.3) is 0 Å². The van der Waals surface area contributed by atoms with Crippen LogP contribution in [-0.2, 0) is 0 Å². The Hall–Kier alpha value is -2.96. The van der Waals surface area contributed by atoms with Gasteiger partial charge in [-0.3, -0.25) is 10.1 Å². The molecule has 0 aliphatic rings. The lowest BCUT2D eigenvalue weighted by Crippen LogP contribution is -2.03. The van der Waals surface area contributed by atoms with Crippen LogP contribution >= 0.6 is 0 Å². The molecular formula is C14H11FN2O4. The molecule has 21 heavy (non-hydrogen) atoms. The fourth-order valence-electron chi connectivity index (χ4n) is 1.83. The van der Waals surface area contributed by atoms with Gasteiger partial charge < -0.3 is 10.4 Å². The molecule has 0 fully saturated rings. The zero-order chi connectivity index (χ0) is 15.6. The van der Waals surface area contributed by atoms with Gasteiger partial charge in [-0.1, -0.05) is 6.07 Å². The van der Waals surface area contributed by atoms with Crippen LogP contribution in [0.4, 0.5) is 21.5 Å². The Balaban J connectivity index is 2.41.